The van der Waals surface area contributed by atoms with Crippen LogP contribution >= 0.6 is 11.3 Å². The standard InChI is InChI=1S/C23H26N6O2S/c1-14-12-15(2)25-22(24-14)29-17(4)18(16(3)27-29)13-21(30)28(10-11-31-5)23-26-19-8-6-7-9-20(19)32-23/h6-9,12H,10-11,13H2,1-5H3. The Hall–Kier alpha value is -3.17. The van der Waals surface area contributed by atoms with Crippen molar-refractivity contribution in [3.05, 3.63) is 58.7 Å². The van der Waals surface area contributed by atoms with Crippen LogP contribution in [0.25, 0.3) is 16.2 Å². The number of rotatable bonds is 7. The van der Waals surface area contributed by atoms with Gasteiger partial charge in [0.1, 0.15) is 0 Å². The lowest BCUT2D eigenvalue weighted by molar-refractivity contribution is -0.118. The third-order valence-corrected chi connectivity index (χ3v) is 6.32. The number of carbonyl (C=O) groups excluding carboxylic acids is 1. The summed E-state index contributed by atoms with van der Waals surface area (Å²) >= 11 is 1.51. The molecule has 3 aromatic heterocycles. The van der Waals surface area contributed by atoms with E-state index in [1.165, 1.54) is 11.3 Å². The quantitative estimate of drug-likeness (QED) is 0.426. The molecule has 0 aliphatic heterocycles. The zero-order valence-electron chi connectivity index (χ0n) is 18.9. The highest BCUT2D eigenvalue weighted by molar-refractivity contribution is 7.22. The summed E-state index contributed by atoms with van der Waals surface area (Å²) in [6.45, 7) is 8.57. The Kier molecular flexibility index (Phi) is 6.29. The van der Waals surface area contributed by atoms with Crippen LogP contribution < -0.4 is 4.90 Å². The van der Waals surface area contributed by atoms with E-state index in [2.05, 4.69) is 20.1 Å². The Morgan fingerprint density at radius 1 is 1.09 bits per heavy atom. The van der Waals surface area contributed by atoms with Gasteiger partial charge in [-0.05, 0) is 45.9 Å². The highest BCUT2D eigenvalue weighted by Gasteiger charge is 2.24. The second kappa shape index (κ2) is 9.13. The second-order valence-electron chi connectivity index (χ2n) is 7.69. The van der Waals surface area contributed by atoms with E-state index in [1.54, 1.807) is 16.7 Å². The van der Waals surface area contributed by atoms with Crippen LogP contribution in [0, 0.1) is 27.7 Å². The highest BCUT2D eigenvalue weighted by Crippen LogP contribution is 2.29. The lowest BCUT2D eigenvalue weighted by Gasteiger charge is -2.19. The summed E-state index contributed by atoms with van der Waals surface area (Å²) < 4.78 is 8.01. The fraction of sp³-hybridized carbons (Fsp3) is 0.348. The molecular formula is C23H26N6O2S. The molecule has 4 aromatic rings. The number of amides is 1. The molecule has 1 aromatic carbocycles. The largest absolute Gasteiger partial charge is 0.383 e. The van der Waals surface area contributed by atoms with Crippen molar-refractivity contribution in [1.82, 2.24) is 24.7 Å². The number of aryl methyl sites for hydroxylation is 3. The zero-order chi connectivity index (χ0) is 22.8. The maximum absolute atomic E-state index is 13.4. The first-order valence-electron chi connectivity index (χ1n) is 10.4. The van der Waals surface area contributed by atoms with Gasteiger partial charge in [0.05, 0.1) is 35.5 Å². The number of carbonyl (C=O) groups is 1. The number of methoxy groups -OCH3 is 1. The van der Waals surface area contributed by atoms with Gasteiger partial charge in [0.2, 0.25) is 5.91 Å². The summed E-state index contributed by atoms with van der Waals surface area (Å²) in [4.78, 5) is 28.8. The van der Waals surface area contributed by atoms with Crippen LogP contribution in [0.4, 0.5) is 5.13 Å². The number of aromatic nitrogens is 5. The molecule has 0 atom stereocenters. The minimum absolute atomic E-state index is 0.0480. The van der Waals surface area contributed by atoms with Crippen LogP contribution in [0.5, 0.6) is 0 Å². The summed E-state index contributed by atoms with van der Waals surface area (Å²) in [6, 6.07) is 9.81. The summed E-state index contributed by atoms with van der Waals surface area (Å²) in [7, 11) is 1.63. The normalized spacial score (nSPS) is 11.3. The van der Waals surface area contributed by atoms with Gasteiger partial charge < -0.3 is 4.74 Å². The SMILES string of the molecule is COCCN(C(=O)Cc1c(C)nn(-c2nc(C)cc(C)n2)c1C)c1nc2ccccc2s1. The van der Waals surface area contributed by atoms with E-state index < -0.39 is 0 Å². The van der Waals surface area contributed by atoms with Gasteiger partial charge in [0.25, 0.3) is 5.95 Å². The van der Waals surface area contributed by atoms with Crippen molar-refractivity contribution in [3.8, 4) is 5.95 Å². The van der Waals surface area contributed by atoms with Crippen LogP contribution in [-0.2, 0) is 16.0 Å². The summed E-state index contributed by atoms with van der Waals surface area (Å²) in [5.41, 5.74) is 5.15. The number of anilines is 1. The van der Waals surface area contributed by atoms with Gasteiger partial charge in [-0.15, -0.1) is 0 Å². The van der Waals surface area contributed by atoms with Gasteiger partial charge in [-0.2, -0.15) is 5.10 Å². The maximum Gasteiger partial charge on any atom is 0.251 e. The van der Waals surface area contributed by atoms with Crippen molar-refractivity contribution in [1.29, 1.82) is 0 Å². The van der Waals surface area contributed by atoms with E-state index in [4.69, 9.17) is 4.74 Å². The number of fused-ring (bicyclic) bond motifs is 1. The number of benzene rings is 1. The van der Waals surface area contributed by atoms with E-state index in [1.807, 2.05) is 58.0 Å². The third-order valence-electron chi connectivity index (χ3n) is 5.26. The first-order chi connectivity index (χ1) is 15.4. The summed E-state index contributed by atoms with van der Waals surface area (Å²) in [6.07, 6.45) is 0.210. The molecule has 8 nitrogen and oxygen atoms in total. The number of para-hydroxylation sites is 1. The lowest BCUT2D eigenvalue weighted by atomic mass is 10.1. The molecule has 0 aliphatic rings. The Balaban J connectivity index is 1.65. The van der Waals surface area contributed by atoms with Crippen molar-refractivity contribution in [2.45, 2.75) is 34.1 Å². The van der Waals surface area contributed by atoms with Crippen LogP contribution in [0.1, 0.15) is 28.3 Å². The molecule has 3 heterocycles. The van der Waals surface area contributed by atoms with Crippen LogP contribution in [-0.4, -0.2) is 50.9 Å². The summed E-state index contributed by atoms with van der Waals surface area (Å²) in [5, 5.41) is 5.30. The Morgan fingerprint density at radius 2 is 1.81 bits per heavy atom. The molecule has 0 saturated heterocycles. The molecule has 1 amide bonds. The Morgan fingerprint density at radius 3 is 2.50 bits per heavy atom. The van der Waals surface area contributed by atoms with E-state index in [0.717, 1.165) is 38.6 Å². The molecule has 0 bridgehead atoms. The van der Waals surface area contributed by atoms with Crippen LogP contribution in [0.2, 0.25) is 0 Å². The van der Waals surface area contributed by atoms with Gasteiger partial charge >= 0.3 is 0 Å². The van der Waals surface area contributed by atoms with Crippen molar-refractivity contribution < 1.29 is 9.53 Å². The number of nitrogens with zero attached hydrogens (tertiary/aromatic N) is 6. The van der Waals surface area contributed by atoms with Crippen LogP contribution in [0.15, 0.2) is 30.3 Å². The van der Waals surface area contributed by atoms with Crippen molar-refractivity contribution in [2.75, 3.05) is 25.2 Å². The molecule has 0 fully saturated rings. The molecule has 0 unspecified atom stereocenters. The molecule has 32 heavy (non-hydrogen) atoms. The predicted octanol–water partition coefficient (Wildman–Crippen LogP) is 3.73. The van der Waals surface area contributed by atoms with E-state index in [0.29, 0.717) is 24.2 Å². The monoisotopic (exact) mass is 450 g/mol. The topological polar surface area (TPSA) is 86.0 Å². The fourth-order valence-corrected chi connectivity index (χ4v) is 4.67. The molecule has 0 N–H and O–H groups in total. The van der Waals surface area contributed by atoms with E-state index in [9.17, 15) is 4.79 Å². The lowest BCUT2D eigenvalue weighted by Crippen LogP contribution is -2.35. The molecule has 4 rings (SSSR count). The minimum Gasteiger partial charge on any atom is -0.383 e. The molecule has 0 spiro atoms. The van der Waals surface area contributed by atoms with Crippen LogP contribution in [0.3, 0.4) is 0 Å². The highest BCUT2D eigenvalue weighted by atomic mass is 32.1. The van der Waals surface area contributed by atoms with E-state index in [-0.39, 0.29) is 12.3 Å². The number of ether oxygens (including phenoxy) is 1. The number of thiazole rings is 1. The smallest absolute Gasteiger partial charge is 0.251 e. The Bertz CT molecular complexity index is 1230. The predicted molar refractivity (Wildman–Crippen MR) is 126 cm³/mol. The maximum atomic E-state index is 13.4. The molecule has 0 radical (unpaired) electrons. The van der Waals surface area contributed by atoms with Gasteiger partial charge in [-0.3, -0.25) is 9.69 Å². The average Bonchev–Trinajstić information content (AvgIpc) is 3.29. The molecule has 0 aliphatic carbocycles. The van der Waals surface area contributed by atoms with Gasteiger partial charge in [0, 0.05) is 29.8 Å². The van der Waals surface area contributed by atoms with Gasteiger partial charge in [0.15, 0.2) is 5.13 Å². The fourth-order valence-electron chi connectivity index (χ4n) is 3.66. The number of hydrogen-bond donors (Lipinski definition) is 0. The molecule has 9 heteroatoms. The molecular weight excluding hydrogens is 424 g/mol. The zero-order valence-corrected chi connectivity index (χ0v) is 19.7. The molecule has 166 valence electrons. The first-order valence-corrected chi connectivity index (χ1v) is 11.2. The second-order valence-corrected chi connectivity index (χ2v) is 8.70. The van der Waals surface area contributed by atoms with Gasteiger partial charge in [-0.25, -0.2) is 19.6 Å². The number of hydrogen-bond acceptors (Lipinski definition) is 7. The Labute approximate surface area is 190 Å². The average molecular weight is 451 g/mol. The van der Waals surface area contributed by atoms with Gasteiger partial charge in [-0.1, -0.05) is 23.5 Å². The first kappa shape index (κ1) is 22.0. The van der Waals surface area contributed by atoms with Crippen molar-refractivity contribution in [3.63, 3.8) is 0 Å². The van der Waals surface area contributed by atoms with Crippen molar-refractivity contribution >= 4 is 32.6 Å². The third kappa shape index (κ3) is 4.39. The van der Waals surface area contributed by atoms with Crippen molar-refractivity contribution in [2.24, 2.45) is 0 Å². The minimum atomic E-state index is -0.0480. The van der Waals surface area contributed by atoms with E-state index >= 15 is 0 Å². The summed E-state index contributed by atoms with van der Waals surface area (Å²) in [5.74, 6) is 0.470. The molecule has 0 saturated carbocycles.